The van der Waals surface area contributed by atoms with Crippen molar-refractivity contribution in [2.24, 2.45) is 0 Å². The fraction of sp³-hybridized carbons (Fsp3) is 1.00. The lowest BCUT2D eigenvalue weighted by Crippen LogP contribution is -2.20. The van der Waals surface area contributed by atoms with Crippen LogP contribution in [0, 0.1) is 0 Å². The molecule has 0 aromatic heterocycles. The third-order valence-electron chi connectivity index (χ3n) is 5.74. The molecule has 0 aromatic carbocycles. The zero-order chi connectivity index (χ0) is 21.1. The molecule has 170 valence electrons. The smallest absolute Gasteiger partial charge is 0.267 e. The molecule has 4 nitrogen and oxygen atoms in total. The van der Waals surface area contributed by atoms with E-state index in [-0.39, 0.29) is 6.10 Å². The van der Waals surface area contributed by atoms with Crippen molar-refractivity contribution in [2.75, 3.05) is 0 Å². The Balaban J connectivity index is 3.73. The number of rotatable bonds is 21. The first kappa shape index (κ1) is 27.9. The van der Waals surface area contributed by atoms with Gasteiger partial charge in [-0.2, -0.15) is 8.42 Å². The van der Waals surface area contributed by atoms with Crippen LogP contribution in [-0.2, 0) is 10.1 Å². The van der Waals surface area contributed by atoms with Crippen molar-refractivity contribution in [1.29, 1.82) is 0 Å². The molecular weight excluding hydrogens is 372 g/mol. The highest BCUT2D eigenvalue weighted by Crippen LogP contribution is 2.19. The number of unbranched alkanes of at least 4 members (excludes halogenated alkanes) is 12. The van der Waals surface area contributed by atoms with Gasteiger partial charge in [0.2, 0.25) is 0 Å². The Kier molecular flexibility index (Phi) is 18.8. The van der Waals surface area contributed by atoms with Gasteiger partial charge in [-0.25, -0.2) is 0 Å². The summed E-state index contributed by atoms with van der Waals surface area (Å²) in [6.45, 7) is 4.31. The Bertz CT molecular complexity index is 422. The van der Waals surface area contributed by atoms with Crippen molar-refractivity contribution in [3.05, 3.63) is 0 Å². The van der Waals surface area contributed by atoms with E-state index in [1.807, 2.05) is 0 Å². The average Bonchev–Trinajstić information content (AvgIpc) is 2.63. The SMILES string of the molecule is CCCCCCCCCCCCC(CCCCCCC(O)CCC)S(=O)(=O)O. The van der Waals surface area contributed by atoms with Crippen LogP contribution in [0.1, 0.15) is 136 Å². The second-order valence-corrected chi connectivity index (χ2v) is 10.2. The van der Waals surface area contributed by atoms with E-state index in [0.29, 0.717) is 12.8 Å². The van der Waals surface area contributed by atoms with Gasteiger partial charge in [0.05, 0.1) is 11.4 Å². The van der Waals surface area contributed by atoms with Crippen molar-refractivity contribution in [3.63, 3.8) is 0 Å². The lowest BCUT2D eigenvalue weighted by atomic mass is 10.0. The molecule has 0 saturated carbocycles. The highest BCUT2D eigenvalue weighted by atomic mass is 32.2. The van der Waals surface area contributed by atoms with Gasteiger partial charge in [-0.15, -0.1) is 0 Å². The molecule has 0 heterocycles. The van der Waals surface area contributed by atoms with Gasteiger partial charge in [0.1, 0.15) is 0 Å². The van der Waals surface area contributed by atoms with Gasteiger partial charge in [-0.1, -0.05) is 110 Å². The molecule has 0 aromatic rings. The van der Waals surface area contributed by atoms with Gasteiger partial charge in [0.15, 0.2) is 0 Å². The Morgan fingerprint density at radius 3 is 1.36 bits per heavy atom. The molecular formula is C23H48O4S. The molecule has 0 fully saturated rings. The van der Waals surface area contributed by atoms with E-state index in [9.17, 15) is 18.1 Å². The Labute approximate surface area is 175 Å². The molecule has 2 unspecified atom stereocenters. The summed E-state index contributed by atoms with van der Waals surface area (Å²) in [6.07, 6.45) is 19.8. The molecule has 0 aliphatic carbocycles. The number of hydrogen-bond acceptors (Lipinski definition) is 3. The third kappa shape index (κ3) is 17.9. The first-order valence-electron chi connectivity index (χ1n) is 12.1. The average molecular weight is 421 g/mol. The molecule has 0 spiro atoms. The van der Waals surface area contributed by atoms with Crippen LogP contribution in [0.5, 0.6) is 0 Å². The summed E-state index contributed by atoms with van der Waals surface area (Å²) >= 11 is 0. The van der Waals surface area contributed by atoms with Crippen LogP contribution >= 0.6 is 0 Å². The molecule has 2 atom stereocenters. The van der Waals surface area contributed by atoms with Gasteiger partial charge < -0.3 is 5.11 Å². The largest absolute Gasteiger partial charge is 0.393 e. The summed E-state index contributed by atoms with van der Waals surface area (Å²) < 4.78 is 32.7. The van der Waals surface area contributed by atoms with Crippen LogP contribution in [0.15, 0.2) is 0 Å². The molecule has 0 amide bonds. The molecule has 0 radical (unpaired) electrons. The monoisotopic (exact) mass is 420 g/mol. The predicted molar refractivity (Wildman–Crippen MR) is 120 cm³/mol. The van der Waals surface area contributed by atoms with Crippen LogP contribution in [0.4, 0.5) is 0 Å². The van der Waals surface area contributed by atoms with E-state index in [2.05, 4.69) is 13.8 Å². The lowest BCUT2D eigenvalue weighted by molar-refractivity contribution is 0.150. The maximum Gasteiger partial charge on any atom is 0.267 e. The second-order valence-electron chi connectivity index (χ2n) is 8.54. The van der Waals surface area contributed by atoms with Gasteiger partial charge in [-0.05, 0) is 25.7 Å². The second kappa shape index (κ2) is 18.9. The maximum atomic E-state index is 11.6. The van der Waals surface area contributed by atoms with Gasteiger partial charge in [0, 0.05) is 0 Å². The minimum absolute atomic E-state index is 0.188. The van der Waals surface area contributed by atoms with E-state index < -0.39 is 15.4 Å². The number of hydrogen-bond donors (Lipinski definition) is 2. The first-order valence-corrected chi connectivity index (χ1v) is 13.6. The molecule has 0 saturated heterocycles. The minimum atomic E-state index is -3.93. The minimum Gasteiger partial charge on any atom is -0.393 e. The summed E-state index contributed by atoms with van der Waals surface area (Å²) in [4.78, 5) is 0. The van der Waals surface area contributed by atoms with E-state index in [4.69, 9.17) is 0 Å². The van der Waals surface area contributed by atoms with Crippen LogP contribution in [0.2, 0.25) is 0 Å². The zero-order valence-electron chi connectivity index (χ0n) is 18.7. The lowest BCUT2D eigenvalue weighted by Gasteiger charge is -2.14. The number of aliphatic hydroxyl groups excluding tert-OH is 1. The summed E-state index contributed by atoms with van der Waals surface area (Å²) in [6, 6.07) is 0. The van der Waals surface area contributed by atoms with Crippen molar-refractivity contribution in [1.82, 2.24) is 0 Å². The normalized spacial score (nSPS) is 14.3. The third-order valence-corrected chi connectivity index (χ3v) is 7.05. The van der Waals surface area contributed by atoms with Crippen molar-refractivity contribution >= 4 is 10.1 Å². The molecule has 5 heteroatoms. The maximum absolute atomic E-state index is 11.6. The van der Waals surface area contributed by atoms with Gasteiger partial charge in [0.25, 0.3) is 10.1 Å². The Morgan fingerprint density at radius 2 is 0.964 bits per heavy atom. The standard InChI is InChI=1S/C23H48O4S/c1-3-5-6-7-8-9-10-11-12-16-20-23(28(25,26)27)21-17-14-13-15-19-22(24)18-4-2/h22-24H,3-21H2,1-2H3,(H,25,26,27). The Hall–Kier alpha value is -0.130. The topological polar surface area (TPSA) is 74.6 Å². The first-order chi connectivity index (χ1) is 13.4. The van der Waals surface area contributed by atoms with E-state index in [1.54, 1.807) is 0 Å². The molecule has 2 N–H and O–H groups in total. The van der Waals surface area contributed by atoms with Gasteiger partial charge >= 0.3 is 0 Å². The van der Waals surface area contributed by atoms with Crippen LogP contribution in [0.3, 0.4) is 0 Å². The summed E-state index contributed by atoms with van der Waals surface area (Å²) in [5.41, 5.74) is 0. The summed E-state index contributed by atoms with van der Waals surface area (Å²) in [5, 5.41) is 9.12. The van der Waals surface area contributed by atoms with E-state index in [0.717, 1.165) is 57.8 Å². The van der Waals surface area contributed by atoms with Crippen molar-refractivity contribution in [3.8, 4) is 0 Å². The quantitative estimate of drug-likeness (QED) is 0.154. The zero-order valence-corrected chi connectivity index (χ0v) is 19.5. The van der Waals surface area contributed by atoms with E-state index in [1.165, 1.54) is 51.4 Å². The van der Waals surface area contributed by atoms with Crippen LogP contribution in [0.25, 0.3) is 0 Å². The molecule has 0 bridgehead atoms. The van der Waals surface area contributed by atoms with Crippen LogP contribution in [-0.4, -0.2) is 29.4 Å². The highest BCUT2D eigenvalue weighted by Gasteiger charge is 2.21. The predicted octanol–water partition coefficient (Wildman–Crippen LogP) is 7.06. The molecule has 0 rings (SSSR count). The fourth-order valence-corrected chi connectivity index (χ4v) is 4.81. The molecule has 28 heavy (non-hydrogen) atoms. The molecule has 0 aliphatic heterocycles. The van der Waals surface area contributed by atoms with Crippen LogP contribution < -0.4 is 0 Å². The van der Waals surface area contributed by atoms with Crippen molar-refractivity contribution in [2.45, 2.75) is 147 Å². The van der Waals surface area contributed by atoms with Crippen molar-refractivity contribution < 1.29 is 18.1 Å². The summed E-state index contributed by atoms with van der Waals surface area (Å²) in [5.74, 6) is 0. The van der Waals surface area contributed by atoms with Gasteiger partial charge in [-0.3, -0.25) is 4.55 Å². The van der Waals surface area contributed by atoms with E-state index >= 15 is 0 Å². The fourth-order valence-electron chi connectivity index (χ4n) is 3.88. The highest BCUT2D eigenvalue weighted by molar-refractivity contribution is 7.86. The molecule has 0 aliphatic rings. The summed E-state index contributed by atoms with van der Waals surface area (Å²) in [7, 11) is -3.93. The Morgan fingerprint density at radius 1 is 0.571 bits per heavy atom. The number of aliphatic hydroxyl groups is 1.